The van der Waals surface area contributed by atoms with Crippen LogP contribution in [0.1, 0.15) is 6.92 Å². The molecule has 3 rings (SSSR count). The third kappa shape index (κ3) is 4.04. The summed E-state index contributed by atoms with van der Waals surface area (Å²) >= 11 is 0. The molecule has 7 heteroatoms. The number of benzene rings is 1. The summed E-state index contributed by atoms with van der Waals surface area (Å²) in [5.74, 6) is 0.829. The maximum atomic E-state index is 12.6. The molecule has 0 unspecified atom stereocenters. The molecule has 0 atom stereocenters. The number of carbonyl (C=O) groups is 2. The largest absolute Gasteiger partial charge is 0.494 e. The van der Waals surface area contributed by atoms with Gasteiger partial charge in [-0.2, -0.15) is 0 Å². The van der Waals surface area contributed by atoms with Gasteiger partial charge in [-0.3, -0.25) is 9.69 Å². The third-order valence-electron chi connectivity index (χ3n) is 4.74. The minimum absolute atomic E-state index is 0.0370. The zero-order chi connectivity index (χ0) is 17.8. The summed E-state index contributed by atoms with van der Waals surface area (Å²) in [7, 11) is 2.06. The summed E-state index contributed by atoms with van der Waals surface area (Å²) in [5, 5.41) is 0. The van der Waals surface area contributed by atoms with Gasteiger partial charge in [0.25, 0.3) is 0 Å². The van der Waals surface area contributed by atoms with Gasteiger partial charge < -0.3 is 19.4 Å². The van der Waals surface area contributed by atoms with E-state index in [4.69, 9.17) is 4.74 Å². The van der Waals surface area contributed by atoms with Crippen molar-refractivity contribution in [2.45, 2.75) is 6.92 Å². The van der Waals surface area contributed by atoms with Crippen LogP contribution in [-0.2, 0) is 4.79 Å². The molecular weight excluding hydrogens is 320 g/mol. The molecule has 0 aliphatic carbocycles. The Morgan fingerprint density at radius 3 is 2.36 bits per heavy atom. The first-order valence-electron chi connectivity index (χ1n) is 8.84. The van der Waals surface area contributed by atoms with Crippen LogP contribution in [0.3, 0.4) is 0 Å². The molecule has 2 aliphatic rings. The first-order chi connectivity index (χ1) is 12.1. The van der Waals surface area contributed by atoms with Crippen molar-refractivity contribution in [2.24, 2.45) is 0 Å². The van der Waals surface area contributed by atoms with Crippen molar-refractivity contribution >= 4 is 17.6 Å². The summed E-state index contributed by atoms with van der Waals surface area (Å²) in [6.07, 6.45) is 0. The molecule has 25 heavy (non-hydrogen) atoms. The first-order valence-corrected chi connectivity index (χ1v) is 8.84. The maximum Gasteiger partial charge on any atom is 0.325 e. The Morgan fingerprint density at radius 1 is 1.04 bits per heavy atom. The van der Waals surface area contributed by atoms with Crippen molar-refractivity contribution in [3.63, 3.8) is 0 Å². The Morgan fingerprint density at radius 2 is 1.72 bits per heavy atom. The van der Waals surface area contributed by atoms with Crippen molar-refractivity contribution in [3.8, 4) is 5.75 Å². The van der Waals surface area contributed by atoms with Crippen molar-refractivity contribution in [1.29, 1.82) is 0 Å². The summed E-state index contributed by atoms with van der Waals surface area (Å²) in [6.45, 7) is 7.14. The van der Waals surface area contributed by atoms with Crippen LogP contribution in [0.4, 0.5) is 10.5 Å². The molecule has 0 N–H and O–H groups in total. The highest BCUT2D eigenvalue weighted by molar-refractivity contribution is 5.96. The van der Waals surface area contributed by atoms with Crippen LogP contribution in [0, 0.1) is 0 Å². The third-order valence-corrected chi connectivity index (χ3v) is 4.74. The average Bonchev–Trinajstić information content (AvgIpc) is 2.97. The number of urea groups is 1. The lowest BCUT2D eigenvalue weighted by atomic mass is 10.3. The highest BCUT2D eigenvalue weighted by Gasteiger charge is 2.32. The number of piperazine rings is 1. The van der Waals surface area contributed by atoms with Gasteiger partial charge >= 0.3 is 6.03 Å². The van der Waals surface area contributed by atoms with Crippen LogP contribution in [0.5, 0.6) is 5.75 Å². The SMILES string of the molecule is CCOc1ccc(N2CCN(CC(=O)N3CCN(C)CC3)C2=O)cc1. The summed E-state index contributed by atoms with van der Waals surface area (Å²) in [6, 6.07) is 7.39. The fourth-order valence-electron chi connectivity index (χ4n) is 3.18. The first kappa shape index (κ1) is 17.5. The zero-order valence-electron chi connectivity index (χ0n) is 15.0. The second-order valence-corrected chi connectivity index (χ2v) is 6.47. The Kier molecular flexibility index (Phi) is 5.43. The maximum absolute atomic E-state index is 12.6. The van der Waals surface area contributed by atoms with Crippen LogP contribution in [-0.4, -0.2) is 86.1 Å². The predicted octanol–water partition coefficient (Wildman–Crippen LogP) is 1.10. The van der Waals surface area contributed by atoms with Crippen LogP contribution >= 0.6 is 0 Å². The van der Waals surface area contributed by atoms with E-state index in [1.807, 2.05) is 36.1 Å². The van der Waals surface area contributed by atoms with Gasteiger partial charge in [-0.15, -0.1) is 0 Å². The van der Waals surface area contributed by atoms with E-state index < -0.39 is 0 Å². The fraction of sp³-hybridized carbons (Fsp3) is 0.556. The Balaban J connectivity index is 1.57. The van der Waals surface area contributed by atoms with Gasteiger partial charge in [-0.05, 0) is 38.2 Å². The van der Waals surface area contributed by atoms with Crippen molar-refractivity contribution in [2.75, 3.05) is 64.4 Å². The predicted molar refractivity (Wildman–Crippen MR) is 96.0 cm³/mol. The van der Waals surface area contributed by atoms with Gasteiger partial charge in [0, 0.05) is 45.0 Å². The molecule has 2 saturated heterocycles. The number of hydrogen-bond acceptors (Lipinski definition) is 4. The summed E-state index contributed by atoms with van der Waals surface area (Å²) in [4.78, 5) is 32.5. The van der Waals surface area contributed by atoms with Crippen molar-refractivity contribution in [3.05, 3.63) is 24.3 Å². The van der Waals surface area contributed by atoms with E-state index >= 15 is 0 Å². The van der Waals surface area contributed by atoms with E-state index in [0.717, 1.165) is 37.6 Å². The van der Waals surface area contributed by atoms with Gasteiger partial charge in [0.15, 0.2) is 0 Å². The minimum atomic E-state index is -0.105. The van der Waals surface area contributed by atoms with Crippen LogP contribution in [0.15, 0.2) is 24.3 Å². The lowest BCUT2D eigenvalue weighted by Crippen LogP contribution is -2.50. The highest BCUT2D eigenvalue weighted by Crippen LogP contribution is 2.23. The molecule has 0 aromatic heterocycles. The Bertz CT molecular complexity index is 611. The Hall–Kier alpha value is -2.28. The molecule has 1 aromatic carbocycles. The topological polar surface area (TPSA) is 56.3 Å². The van der Waals surface area contributed by atoms with Crippen LogP contribution in [0.2, 0.25) is 0 Å². The molecule has 3 amide bonds. The summed E-state index contributed by atoms with van der Waals surface area (Å²) < 4.78 is 5.43. The molecule has 1 aromatic rings. The van der Waals surface area contributed by atoms with Gasteiger partial charge in [-0.1, -0.05) is 0 Å². The van der Waals surface area contributed by atoms with Crippen LogP contribution < -0.4 is 9.64 Å². The second kappa shape index (κ2) is 7.74. The molecule has 0 spiro atoms. The quantitative estimate of drug-likeness (QED) is 0.801. The normalized spacial score (nSPS) is 18.8. The molecule has 2 aliphatic heterocycles. The molecule has 2 fully saturated rings. The number of rotatable bonds is 5. The van der Waals surface area contributed by atoms with Gasteiger partial charge in [0.05, 0.1) is 6.61 Å². The monoisotopic (exact) mass is 346 g/mol. The van der Waals surface area contributed by atoms with Gasteiger partial charge in [0.1, 0.15) is 12.3 Å². The van der Waals surface area contributed by atoms with Gasteiger partial charge in [0.2, 0.25) is 5.91 Å². The average molecular weight is 346 g/mol. The molecule has 0 saturated carbocycles. The smallest absolute Gasteiger partial charge is 0.325 e. The number of ether oxygens (including phenoxy) is 1. The standard InChI is InChI=1S/C18H26N4O3/c1-3-25-16-6-4-15(5-7-16)22-13-12-21(18(22)24)14-17(23)20-10-8-19(2)9-11-20/h4-7H,3,8-14H2,1-2H3. The number of likely N-dealkylation sites (N-methyl/N-ethyl adjacent to an activating group) is 1. The molecule has 7 nitrogen and oxygen atoms in total. The molecule has 2 heterocycles. The number of anilines is 1. The summed E-state index contributed by atoms with van der Waals surface area (Å²) in [5.41, 5.74) is 0.836. The fourth-order valence-corrected chi connectivity index (χ4v) is 3.18. The van der Waals surface area contributed by atoms with E-state index in [0.29, 0.717) is 19.7 Å². The van der Waals surface area contributed by atoms with Crippen molar-refractivity contribution in [1.82, 2.24) is 14.7 Å². The molecule has 136 valence electrons. The lowest BCUT2D eigenvalue weighted by molar-refractivity contribution is -0.133. The molecular formula is C18H26N4O3. The minimum Gasteiger partial charge on any atom is -0.494 e. The number of hydrogen-bond donors (Lipinski definition) is 0. The molecule has 0 radical (unpaired) electrons. The van der Waals surface area contributed by atoms with Crippen molar-refractivity contribution < 1.29 is 14.3 Å². The van der Waals surface area contributed by atoms with E-state index in [-0.39, 0.29) is 18.5 Å². The number of nitrogens with zero attached hydrogens (tertiary/aromatic N) is 4. The van der Waals surface area contributed by atoms with E-state index in [9.17, 15) is 9.59 Å². The van der Waals surface area contributed by atoms with E-state index in [1.165, 1.54) is 0 Å². The van der Waals surface area contributed by atoms with Crippen LogP contribution in [0.25, 0.3) is 0 Å². The van der Waals surface area contributed by atoms with E-state index in [1.54, 1.807) is 9.80 Å². The number of carbonyl (C=O) groups excluding carboxylic acids is 2. The Labute approximate surface area is 148 Å². The molecule has 0 bridgehead atoms. The highest BCUT2D eigenvalue weighted by atomic mass is 16.5. The second-order valence-electron chi connectivity index (χ2n) is 6.47. The van der Waals surface area contributed by atoms with Gasteiger partial charge in [-0.25, -0.2) is 4.79 Å². The lowest BCUT2D eigenvalue weighted by Gasteiger charge is -2.33. The van der Waals surface area contributed by atoms with E-state index in [2.05, 4.69) is 11.9 Å². The zero-order valence-corrected chi connectivity index (χ0v) is 15.0. The number of amides is 3.